The van der Waals surface area contributed by atoms with Gasteiger partial charge in [0.1, 0.15) is 17.2 Å². The highest BCUT2D eigenvalue weighted by molar-refractivity contribution is 6.34. The Morgan fingerprint density at radius 2 is 1.93 bits per heavy atom. The van der Waals surface area contributed by atoms with Gasteiger partial charge in [-0.15, -0.1) is 0 Å². The van der Waals surface area contributed by atoms with E-state index in [-0.39, 0.29) is 18.6 Å². The molecule has 1 heterocycles. The van der Waals surface area contributed by atoms with Gasteiger partial charge >= 0.3 is 0 Å². The standard InChI is InChI=1S/C20H21Cl2NO4/c1-25-14-6-7-15(18(11-14)26-2)17-4-3-9-23(17)20(24)12-27-19-10-13(21)5-8-16(19)22/h5-8,10-11,17H,3-4,9,12H2,1-2H3. The molecule has 1 fully saturated rings. The van der Waals surface area contributed by atoms with Crippen molar-refractivity contribution in [2.24, 2.45) is 0 Å². The first-order valence-electron chi connectivity index (χ1n) is 8.62. The molecule has 1 amide bonds. The van der Waals surface area contributed by atoms with Crippen LogP contribution >= 0.6 is 23.2 Å². The van der Waals surface area contributed by atoms with Crippen LogP contribution in [0, 0.1) is 0 Å². The van der Waals surface area contributed by atoms with Crippen LogP contribution in [-0.2, 0) is 4.79 Å². The van der Waals surface area contributed by atoms with Gasteiger partial charge in [-0.05, 0) is 37.1 Å². The van der Waals surface area contributed by atoms with Crippen molar-refractivity contribution in [3.63, 3.8) is 0 Å². The third kappa shape index (κ3) is 4.42. The number of hydrogen-bond donors (Lipinski definition) is 0. The van der Waals surface area contributed by atoms with E-state index in [1.54, 1.807) is 32.4 Å². The van der Waals surface area contributed by atoms with Crippen LogP contribution in [0.15, 0.2) is 36.4 Å². The van der Waals surface area contributed by atoms with Gasteiger partial charge in [0.15, 0.2) is 6.61 Å². The molecule has 27 heavy (non-hydrogen) atoms. The zero-order valence-electron chi connectivity index (χ0n) is 15.2. The Bertz CT molecular complexity index is 828. The summed E-state index contributed by atoms with van der Waals surface area (Å²) in [5.41, 5.74) is 0.963. The molecule has 0 aromatic heterocycles. The van der Waals surface area contributed by atoms with Crippen LogP contribution in [0.25, 0.3) is 0 Å². The van der Waals surface area contributed by atoms with Gasteiger partial charge in [-0.25, -0.2) is 0 Å². The number of likely N-dealkylation sites (tertiary alicyclic amines) is 1. The molecule has 144 valence electrons. The first kappa shape index (κ1) is 19.6. The highest BCUT2D eigenvalue weighted by Crippen LogP contribution is 2.38. The van der Waals surface area contributed by atoms with E-state index in [2.05, 4.69) is 0 Å². The monoisotopic (exact) mass is 409 g/mol. The topological polar surface area (TPSA) is 48.0 Å². The van der Waals surface area contributed by atoms with Gasteiger partial charge in [0.05, 0.1) is 25.3 Å². The average Bonchev–Trinajstić information content (AvgIpc) is 3.17. The van der Waals surface area contributed by atoms with Gasteiger partial charge in [0.25, 0.3) is 5.91 Å². The van der Waals surface area contributed by atoms with E-state index in [9.17, 15) is 4.79 Å². The highest BCUT2D eigenvalue weighted by atomic mass is 35.5. The minimum Gasteiger partial charge on any atom is -0.497 e. The van der Waals surface area contributed by atoms with Gasteiger partial charge in [-0.3, -0.25) is 4.79 Å². The molecule has 0 spiro atoms. The summed E-state index contributed by atoms with van der Waals surface area (Å²) in [6.45, 7) is 0.570. The minimum absolute atomic E-state index is 0.0585. The number of halogens is 2. The van der Waals surface area contributed by atoms with E-state index >= 15 is 0 Å². The van der Waals surface area contributed by atoms with Gasteiger partial charge in [0, 0.05) is 29.3 Å². The molecule has 0 bridgehead atoms. The summed E-state index contributed by atoms with van der Waals surface area (Å²) in [4.78, 5) is 14.6. The Morgan fingerprint density at radius 3 is 2.67 bits per heavy atom. The maximum atomic E-state index is 12.8. The predicted octanol–water partition coefficient (Wildman–Crippen LogP) is 4.75. The number of rotatable bonds is 6. The van der Waals surface area contributed by atoms with Crippen molar-refractivity contribution in [3.8, 4) is 17.2 Å². The lowest BCUT2D eigenvalue weighted by Crippen LogP contribution is -2.34. The lowest BCUT2D eigenvalue weighted by Gasteiger charge is -2.26. The van der Waals surface area contributed by atoms with Crippen LogP contribution in [0.3, 0.4) is 0 Å². The summed E-state index contributed by atoms with van der Waals surface area (Å²) in [6.07, 6.45) is 1.79. The molecule has 1 saturated heterocycles. The molecule has 1 unspecified atom stereocenters. The smallest absolute Gasteiger partial charge is 0.261 e. The number of benzene rings is 2. The van der Waals surface area contributed by atoms with Crippen LogP contribution in [-0.4, -0.2) is 38.2 Å². The summed E-state index contributed by atoms with van der Waals surface area (Å²) in [6, 6.07) is 10.5. The van der Waals surface area contributed by atoms with Crippen LogP contribution < -0.4 is 14.2 Å². The second-order valence-corrected chi connectivity index (χ2v) is 7.06. The maximum Gasteiger partial charge on any atom is 0.261 e. The Morgan fingerprint density at radius 1 is 1.11 bits per heavy atom. The van der Waals surface area contributed by atoms with E-state index in [0.717, 1.165) is 18.4 Å². The van der Waals surface area contributed by atoms with E-state index in [1.165, 1.54) is 0 Å². The molecule has 7 heteroatoms. The summed E-state index contributed by atoms with van der Waals surface area (Å²) in [5.74, 6) is 1.71. The Kier molecular flexibility index (Phi) is 6.34. The van der Waals surface area contributed by atoms with Crippen LogP contribution in [0.5, 0.6) is 17.2 Å². The molecule has 0 aliphatic carbocycles. The SMILES string of the molecule is COc1ccc(C2CCCN2C(=O)COc2cc(Cl)ccc2Cl)c(OC)c1. The van der Waals surface area contributed by atoms with Gasteiger partial charge in [0.2, 0.25) is 0 Å². The molecule has 2 aromatic rings. The molecular formula is C20H21Cl2NO4. The van der Waals surface area contributed by atoms with Crippen molar-refractivity contribution in [1.29, 1.82) is 0 Å². The second-order valence-electron chi connectivity index (χ2n) is 6.22. The number of carbonyl (C=O) groups excluding carboxylic acids is 1. The summed E-state index contributed by atoms with van der Waals surface area (Å²) >= 11 is 12.1. The third-order valence-electron chi connectivity index (χ3n) is 4.62. The number of amides is 1. The van der Waals surface area contributed by atoms with Crippen LogP contribution in [0.4, 0.5) is 0 Å². The van der Waals surface area contributed by atoms with E-state index in [4.69, 9.17) is 37.4 Å². The number of methoxy groups -OCH3 is 2. The summed E-state index contributed by atoms with van der Waals surface area (Å²) in [7, 11) is 3.22. The van der Waals surface area contributed by atoms with E-state index < -0.39 is 0 Å². The quantitative estimate of drug-likeness (QED) is 0.690. The van der Waals surface area contributed by atoms with Crippen LogP contribution in [0.2, 0.25) is 10.0 Å². The highest BCUT2D eigenvalue weighted by Gasteiger charge is 2.32. The lowest BCUT2D eigenvalue weighted by molar-refractivity contribution is -0.134. The molecule has 0 radical (unpaired) electrons. The Balaban J connectivity index is 1.74. The summed E-state index contributed by atoms with van der Waals surface area (Å²) < 4.78 is 16.4. The van der Waals surface area contributed by atoms with Gasteiger partial charge < -0.3 is 19.1 Å². The van der Waals surface area contributed by atoms with Crippen molar-refractivity contribution >= 4 is 29.1 Å². The largest absolute Gasteiger partial charge is 0.497 e. The zero-order valence-corrected chi connectivity index (χ0v) is 16.7. The molecule has 3 rings (SSSR count). The number of nitrogens with zero attached hydrogens (tertiary/aromatic N) is 1. The van der Waals surface area contributed by atoms with E-state index in [0.29, 0.717) is 33.8 Å². The molecule has 1 atom stereocenters. The number of carbonyl (C=O) groups is 1. The fourth-order valence-corrected chi connectivity index (χ4v) is 3.63. The number of hydrogen-bond acceptors (Lipinski definition) is 4. The zero-order chi connectivity index (χ0) is 19.4. The fourth-order valence-electron chi connectivity index (χ4n) is 3.29. The lowest BCUT2D eigenvalue weighted by atomic mass is 10.0. The maximum absolute atomic E-state index is 12.8. The van der Waals surface area contributed by atoms with Crippen molar-refractivity contribution in [1.82, 2.24) is 4.90 Å². The molecule has 1 aliphatic heterocycles. The van der Waals surface area contributed by atoms with Crippen LogP contribution in [0.1, 0.15) is 24.4 Å². The van der Waals surface area contributed by atoms with Crippen molar-refractivity contribution in [3.05, 3.63) is 52.0 Å². The Labute approximate surface area is 168 Å². The first-order chi connectivity index (χ1) is 13.0. The number of ether oxygens (including phenoxy) is 3. The third-order valence-corrected chi connectivity index (χ3v) is 5.16. The Hall–Kier alpha value is -2.11. The van der Waals surface area contributed by atoms with Crippen molar-refractivity contribution < 1.29 is 19.0 Å². The predicted molar refractivity (Wildman–Crippen MR) is 105 cm³/mol. The molecule has 0 N–H and O–H groups in total. The van der Waals surface area contributed by atoms with E-state index in [1.807, 2.05) is 23.1 Å². The molecule has 0 saturated carbocycles. The normalized spacial score (nSPS) is 16.3. The average molecular weight is 410 g/mol. The second kappa shape index (κ2) is 8.72. The molecular weight excluding hydrogens is 389 g/mol. The fraction of sp³-hybridized carbons (Fsp3) is 0.350. The van der Waals surface area contributed by atoms with Gasteiger partial charge in [-0.2, -0.15) is 0 Å². The van der Waals surface area contributed by atoms with Crippen molar-refractivity contribution in [2.45, 2.75) is 18.9 Å². The molecule has 2 aromatic carbocycles. The molecule has 5 nitrogen and oxygen atoms in total. The molecule has 1 aliphatic rings. The minimum atomic E-state index is -0.105. The summed E-state index contributed by atoms with van der Waals surface area (Å²) in [5, 5.41) is 0.922. The van der Waals surface area contributed by atoms with Gasteiger partial charge in [-0.1, -0.05) is 23.2 Å². The first-order valence-corrected chi connectivity index (χ1v) is 9.38. The van der Waals surface area contributed by atoms with Crippen molar-refractivity contribution in [2.75, 3.05) is 27.4 Å².